The van der Waals surface area contributed by atoms with E-state index >= 15 is 0 Å². The van der Waals surface area contributed by atoms with Crippen LogP contribution in [0.4, 0.5) is 0 Å². The van der Waals surface area contributed by atoms with Crippen LogP contribution in [0, 0.1) is 0 Å². The Hall–Kier alpha value is -2.99. The van der Waals surface area contributed by atoms with Crippen LogP contribution in [0.15, 0.2) is 58.4 Å². The lowest BCUT2D eigenvalue weighted by Gasteiger charge is -2.09. The quantitative estimate of drug-likeness (QED) is 0.522. The zero-order chi connectivity index (χ0) is 19.2. The Labute approximate surface area is 161 Å². The van der Waals surface area contributed by atoms with Crippen molar-refractivity contribution in [3.05, 3.63) is 75.2 Å². The minimum Gasteiger partial charge on any atom is -0.267 e. The summed E-state index contributed by atoms with van der Waals surface area (Å²) in [7, 11) is 0. The third kappa shape index (κ3) is 4.41. The van der Waals surface area contributed by atoms with Gasteiger partial charge in [0.15, 0.2) is 5.69 Å². The van der Waals surface area contributed by atoms with Crippen molar-refractivity contribution in [1.29, 1.82) is 0 Å². The van der Waals surface area contributed by atoms with Crippen molar-refractivity contribution in [1.82, 2.24) is 15.2 Å². The molecule has 0 saturated heterocycles. The van der Waals surface area contributed by atoms with Crippen LogP contribution in [-0.2, 0) is 6.54 Å². The van der Waals surface area contributed by atoms with Crippen molar-refractivity contribution in [3.63, 3.8) is 0 Å². The summed E-state index contributed by atoms with van der Waals surface area (Å²) in [5.74, 6) is -0.471. The van der Waals surface area contributed by atoms with Gasteiger partial charge >= 0.3 is 0 Å². The summed E-state index contributed by atoms with van der Waals surface area (Å²) < 4.78 is 1.35. The van der Waals surface area contributed by atoms with Gasteiger partial charge in [-0.1, -0.05) is 55.3 Å². The molecular weight excluding hydrogens is 364 g/mol. The molecule has 0 saturated carbocycles. The molecule has 0 aliphatic carbocycles. The molecule has 3 aromatic rings. The first-order chi connectivity index (χ1) is 13.1. The number of rotatable bonds is 6. The summed E-state index contributed by atoms with van der Waals surface area (Å²) in [6.07, 6.45) is 3.25. The molecule has 1 aromatic heterocycles. The van der Waals surface area contributed by atoms with Crippen LogP contribution in [0.1, 0.15) is 35.8 Å². The van der Waals surface area contributed by atoms with Gasteiger partial charge < -0.3 is 0 Å². The Morgan fingerprint density at radius 2 is 1.89 bits per heavy atom. The van der Waals surface area contributed by atoms with Gasteiger partial charge in [0.1, 0.15) is 0 Å². The fourth-order valence-electron chi connectivity index (χ4n) is 2.63. The highest BCUT2D eigenvalue weighted by Gasteiger charge is 2.16. The van der Waals surface area contributed by atoms with Crippen LogP contribution in [-0.4, -0.2) is 21.9 Å². The number of hydrogen-bond donors (Lipinski definition) is 1. The lowest BCUT2D eigenvalue weighted by molar-refractivity contribution is 0.0949. The first kappa shape index (κ1) is 18.8. The minimum absolute atomic E-state index is 0.176. The monoisotopic (exact) mass is 382 g/mol. The molecule has 0 radical (unpaired) electrons. The second kappa shape index (κ2) is 8.60. The maximum absolute atomic E-state index is 12.6. The van der Waals surface area contributed by atoms with E-state index in [9.17, 15) is 9.59 Å². The summed E-state index contributed by atoms with van der Waals surface area (Å²) in [5.41, 5.74) is 3.25. The number of nitrogens with one attached hydrogen (secondary N) is 1. The molecule has 0 aliphatic rings. The molecule has 6 nitrogen and oxygen atoms in total. The SMILES string of the molecule is CCCCn1nc(C(=O)N/N=C\c2ccc(Cl)cc2)c2ccccc2c1=O. The molecular formula is C20H19ClN4O2. The van der Waals surface area contributed by atoms with Crippen LogP contribution >= 0.6 is 11.6 Å². The van der Waals surface area contributed by atoms with Gasteiger partial charge in [-0.15, -0.1) is 0 Å². The molecule has 27 heavy (non-hydrogen) atoms. The van der Waals surface area contributed by atoms with Crippen molar-refractivity contribution in [3.8, 4) is 0 Å². The second-order valence-electron chi connectivity index (χ2n) is 6.03. The van der Waals surface area contributed by atoms with Gasteiger partial charge in [-0.3, -0.25) is 9.59 Å². The van der Waals surface area contributed by atoms with E-state index in [1.807, 2.05) is 6.92 Å². The smallest absolute Gasteiger partial charge is 0.267 e. The number of unbranched alkanes of at least 4 members (excludes halogenated alkanes) is 1. The second-order valence-corrected chi connectivity index (χ2v) is 6.46. The highest BCUT2D eigenvalue weighted by Crippen LogP contribution is 2.13. The largest absolute Gasteiger partial charge is 0.292 e. The average molecular weight is 383 g/mol. The average Bonchev–Trinajstić information content (AvgIpc) is 2.69. The van der Waals surface area contributed by atoms with Gasteiger partial charge in [0.2, 0.25) is 0 Å². The van der Waals surface area contributed by atoms with Gasteiger partial charge in [0, 0.05) is 17.0 Å². The molecule has 1 heterocycles. The van der Waals surface area contributed by atoms with Crippen LogP contribution in [0.3, 0.4) is 0 Å². The predicted octanol–water partition coefficient (Wildman–Crippen LogP) is 3.61. The molecule has 0 atom stereocenters. The summed E-state index contributed by atoms with van der Waals surface area (Å²) in [6.45, 7) is 2.50. The van der Waals surface area contributed by atoms with E-state index in [4.69, 9.17) is 11.6 Å². The number of benzene rings is 2. The van der Waals surface area contributed by atoms with E-state index < -0.39 is 5.91 Å². The van der Waals surface area contributed by atoms with Gasteiger partial charge in [-0.05, 0) is 30.2 Å². The lowest BCUT2D eigenvalue weighted by atomic mass is 10.1. The standard InChI is InChI=1S/C20H19ClN4O2/c1-2-3-12-25-20(27)17-7-5-4-6-16(17)18(24-25)19(26)23-22-13-14-8-10-15(21)11-9-14/h4-11,13H,2-3,12H2,1H3,(H,23,26)/b22-13-. The van der Waals surface area contributed by atoms with Crippen molar-refractivity contribution in [2.45, 2.75) is 26.3 Å². The van der Waals surface area contributed by atoms with Crippen LogP contribution in [0.5, 0.6) is 0 Å². The maximum Gasteiger partial charge on any atom is 0.292 e. The van der Waals surface area contributed by atoms with Crippen molar-refractivity contribution < 1.29 is 4.79 Å². The molecule has 7 heteroatoms. The zero-order valence-electron chi connectivity index (χ0n) is 14.9. The predicted molar refractivity (Wildman–Crippen MR) is 107 cm³/mol. The topological polar surface area (TPSA) is 76.3 Å². The van der Waals surface area contributed by atoms with E-state index in [-0.39, 0.29) is 11.3 Å². The zero-order valence-corrected chi connectivity index (χ0v) is 15.6. The first-order valence-corrected chi connectivity index (χ1v) is 9.06. The number of aromatic nitrogens is 2. The number of amides is 1. The lowest BCUT2D eigenvalue weighted by Crippen LogP contribution is -2.29. The maximum atomic E-state index is 12.6. The van der Waals surface area contributed by atoms with Crippen molar-refractivity contribution in [2.24, 2.45) is 5.10 Å². The van der Waals surface area contributed by atoms with Gasteiger partial charge in [-0.25, -0.2) is 10.1 Å². The van der Waals surface area contributed by atoms with Crippen LogP contribution in [0.2, 0.25) is 5.02 Å². The summed E-state index contributed by atoms with van der Waals surface area (Å²) in [5, 5.41) is 9.85. The Morgan fingerprint density at radius 1 is 1.19 bits per heavy atom. The number of fused-ring (bicyclic) bond motifs is 1. The van der Waals surface area contributed by atoms with Crippen molar-refractivity contribution >= 4 is 34.5 Å². The van der Waals surface area contributed by atoms with E-state index in [1.54, 1.807) is 48.5 Å². The molecule has 3 rings (SSSR count). The fourth-order valence-corrected chi connectivity index (χ4v) is 2.76. The number of halogens is 1. The Balaban J connectivity index is 1.90. The fraction of sp³-hybridized carbons (Fsp3) is 0.200. The molecule has 2 aromatic carbocycles. The van der Waals surface area contributed by atoms with E-state index in [2.05, 4.69) is 15.6 Å². The number of aryl methyl sites for hydroxylation is 1. The minimum atomic E-state index is -0.471. The van der Waals surface area contributed by atoms with Crippen LogP contribution in [0.25, 0.3) is 10.8 Å². The Bertz CT molecular complexity index is 1040. The molecule has 0 aliphatic heterocycles. The molecule has 138 valence electrons. The molecule has 1 N–H and O–H groups in total. The third-order valence-corrected chi connectivity index (χ3v) is 4.31. The van der Waals surface area contributed by atoms with E-state index in [1.165, 1.54) is 10.9 Å². The normalized spacial score (nSPS) is 11.2. The molecule has 0 unspecified atom stereocenters. The number of hydrazone groups is 1. The Kier molecular flexibility index (Phi) is 5.98. The van der Waals surface area contributed by atoms with E-state index in [0.29, 0.717) is 22.3 Å². The number of carbonyl (C=O) groups is 1. The molecule has 1 amide bonds. The summed E-state index contributed by atoms with van der Waals surface area (Å²) in [6, 6.07) is 14.0. The van der Waals surface area contributed by atoms with Crippen LogP contribution < -0.4 is 11.0 Å². The Morgan fingerprint density at radius 3 is 2.59 bits per heavy atom. The summed E-state index contributed by atoms with van der Waals surface area (Å²) >= 11 is 5.85. The molecule has 0 bridgehead atoms. The number of carbonyl (C=O) groups excluding carboxylic acids is 1. The van der Waals surface area contributed by atoms with Crippen molar-refractivity contribution in [2.75, 3.05) is 0 Å². The van der Waals surface area contributed by atoms with Gasteiger partial charge in [-0.2, -0.15) is 10.2 Å². The van der Waals surface area contributed by atoms with Gasteiger partial charge in [0.05, 0.1) is 11.6 Å². The highest BCUT2D eigenvalue weighted by atomic mass is 35.5. The highest BCUT2D eigenvalue weighted by molar-refractivity contribution is 6.30. The summed E-state index contributed by atoms with van der Waals surface area (Å²) in [4.78, 5) is 25.2. The molecule has 0 fully saturated rings. The number of hydrogen-bond acceptors (Lipinski definition) is 4. The van der Waals surface area contributed by atoms with Gasteiger partial charge in [0.25, 0.3) is 11.5 Å². The number of nitrogens with zero attached hydrogens (tertiary/aromatic N) is 3. The first-order valence-electron chi connectivity index (χ1n) is 8.69. The third-order valence-electron chi connectivity index (χ3n) is 4.06. The van der Waals surface area contributed by atoms with E-state index in [0.717, 1.165) is 18.4 Å². The molecule has 0 spiro atoms.